The van der Waals surface area contributed by atoms with E-state index in [9.17, 15) is 0 Å². The van der Waals surface area contributed by atoms with Crippen LogP contribution in [0.5, 0.6) is 0 Å². The van der Waals surface area contributed by atoms with Crippen LogP contribution < -0.4 is 11.2 Å². The van der Waals surface area contributed by atoms with Gasteiger partial charge in [0.05, 0.1) is 38.0 Å². The molecule has 208 valence electrons. The van der Waals surface area contributed by atoms with Crippen LogP contribution in [0, 0.1) is 0 Å². The van der Waals surface area contributed by atoms with E-state index in [2.05, 4.69) is 57.4 Å². The van der Waals surface area contributed by atoms with E-state index >= 15 is 0 Å². The highest BCUT2D eigenvalue weighted by Crippen LogP contribution is 2.46. The summed E-state index contributed by atoms with van der Waals surface area (Å²) in [5.74, 6) is 0. The minimum Gasteiger partial charge on any atom is -0.400 e. The van der Waals surface area contributed by atoms with Crippen LogP contribution in [0.25, 0.3) is 0 Å². The molecule has 0 aromatic carbocycles. The number of aryl methyl sites for hydroxylation is 1. The number of hydrazine groups is 1. The number of likely N-dealkylation sites (tertiary alicyclic amines) is 1. The summed E-state index contributed by atoms with van der Waals surface area (Å²) < 4.78 is 12.1. The van der Waals surface area contributed by atoms with E-state index in [1.807, 2.05) is 36.8 Å². The SMILES string of the molecule is CCc1cc2c(s1)CCO[C@@]21CCN(C/C(N)=C/N(CC(c2cccnc2)N2CCOCC2)NC)[C@@H](C)C1. The fourth-order valence-electron chi connectivity index (χ4n) is 6.27. The van der Waals surface area contributed by atoms with Crippen LogP contribution in [0.4, 0.5) is 0 Å². The predicted molar refractivity (Wildman–Crippen MR) is 153 cm³/mol. The molecule has 2 aromatic rings. The molecule has 0 saturated carbocycles. The number of aromatic nitrogens is 1. The number of nitrogens with one attached hydrogen (secondary N) is 1. The number of hydrogen-bond acceptors (Lipinski definition) is 9. The van der Waals surface area contributed by atoms with E-state index in [1.54, 1.807) is 4.88 Å². The third-order valence-corrected chi connectivity index (χ3v) is 9.72. The highest BCUT2D eigenvalue weighted by atomic mass is 32.1. The van der Waals surface area contributed by atoms with Gasteiger partial charge >= 0.3 is 0 Å². The molecule has 2 aromatic heterocycles. The Hall–Kier alpha value is -2.01. The standard InChI is InChI=1S/C29H44N6O2S/c1-4-25-16-26-28(38-25)7-13-37-29(26)8-10-34(22(2)17-29)19-24(30)20-35(31-3)21-27(23-6-5-9-32-18-23)33-11-14-36-15-12-33/h5-6,9,16,18,20,22,27,31H,4,7-8,10-15,17,19,21,30H2,1-3H3/b24-20-/t22-,27?,29+/m0/s1. The second-order valence-electron chi connectivity index (χ2n) is 10.8. The first kappa shape index (κ1) is 27.6. The first-order valence-corrected chi connectivity index (χ1v) is 14.9. The van der Waals surface area contributed by atoms with Crippen molar-refractivity contribution in [1.29, 1.82) is 0 Å². The van der Waals surface area contributed by atoms with Crippen molar-refractivity contribution in [2.45, 2.75) is 57.2 Å². The van der Waals surface area contributed by atoms with Crippen LogP contribution in [0.1, 0.15) is 53.6 Å². The number of hydrogen-bond donors (Lipinski definition) is 2. The molecule has 1 spiro atoms. The van der Waals surface area contributed by atoms with E-state index in [0.717, 1.165) is 83.9 Å². The molecule has 2 fully saturated rings. The molecule has 0 aliphatic carbocycles. The third kappa shape index (κ3) is 6.08. The van der Waals surface area contributed by atoms with Crippen molar-refractivity contribution < 1.29 is 9.47 Å². The Morgan fingerprint density at radius 1 is 1.34 bits per heavy atom. The maximum atomic E-state index is 6.67. The van der Waals surface area contributed by atoms with Gasteiger partial charge in [-0.25, -0.2) is 5.43 Å². The highest BCUT2D eigenvalue weighted by Gasteiger charge is 2.44. The average Bonchev–Trinajstić information content (AvgIpc) is 3.39. The Bertz CT molecular complexity index is 1070. The van der Waals surface area contributed by atoms with Gasteiger partial charge in [-0.3, -0.25) is 14.8 Å². The number of piperidine rings is 1. The van der Waals surface area contributed by atoms with E-state index in [0.29, 0.717) is 6.04 Å². The molecule has 5 heterocycles. The van der Waals surface area contributed by atoms with Gasteiger partial charge in [0, 0.05) is 79.7 Å². The maximum absolute atomic E-state index is 6.67. The molecule has 1 unspecified atom stereocenters. The Kier molecular flexibility index (Phi) is 9.02. The molecule has 38 heavy (non-hydrogen) atoms. The molecule has 3 N–H and O–H groups in total. The summed E-state index contributed by atoms with van der Waals surface area (Å²) in [7, 11) is 1.96. The van der Waals surface area contributed by atoms with Crippen molar-refractivity contribution >= 4 is 11.3 Å². The van der Waals surface area contributed by atoms with Gasteiger partial charge < -0.3 is 20.2 Å². The van der Waals surface area contributed by atoms with Gasteiger partial charge in [-0.2, -0.15) is 0 Å². The largest absolute Gasteiger partial charge is 0.400 e. The lowest BCUT2D eigenvalue weighted by atomic mass is 9.79. The Labute approximate surface area is 231 Å². The number of fused-ring (bicyclic) bond motifs is 2. The van der Waals surface area contributed by atoms with Gasteiger partial charge in [0.1, 0.15) is 0 Å². The molecule has 3 aliphatic rings. The van der Waals surface area contributed by atoms with Crippen molar-refractivity contribution in [2.75, 3.05) is 59.6 Å². The third-order valence-electron chi connectivity index (χ3n) is 8.38. The molecule has 0 amide bonds. The monoisotopic (exact) mass is 540 g/mol. The molecule has 3 atom stereocenters. The van der Waals surface area contributed by atoms with Crippen molar-refractivity contribution in [3.63, 3.8) is 0 Å². The molecular formula is C29H44N6O2S. The Morgan fingerprint density at radius 3 is 2.89 bits per heavy atom. The highest BCUT2D eigenvalue weighted by molar-refractivity contribution is 7.12. The lowest BCUT2D eigenvalue weighted by molar-refractivity contribution is -0.109. The minimum atomic E-state index is -0.127. The van der Waals surface area contributed by atoms with E-state index < -0.39 is 0 Å². The fraction of sp³-hybridized carbons (Fsp3) is 0.621. The van der Waals surface area contributed by atoms with Crippen LogP contribution in [-0.4, -0.2) is 85.4 Å². The summed E-state index contributed by atoms with van der Waals surface area (Å²) in [5.41, 5.74) is 13.4. The van der Waals surface area contributed by atoms with Crippen LogP contribution >= 0.6 is 11.3 Å². The maximum Gasteiger partial charge on any atom is 0.0969 e. The van der Waals surface area contributed by atoms with E-state index in [4.69, 9.17) is 15.2 Å². The fourth-order valence-corrected chi connectivity index (χ4v) is 7.45. The first-order chi connectivity index (χ1) is 18.5. The number of morpholine rings is 1. The summed E-state index contributed by atoms with van der Waals surface area (Å²) in [6.45, 7) is 11.3. The van der Waals surface area contributed by atoms with E-state index in [1.165, 1.54) is 16.0 Å². The molecule has 9 heteroatoms. The zero-order valence-electron chi connectivity index (χ0n) is 23.2. The summed E-state index contributed by atoms with van der Waals surface area (Å²) in [6.07, 6.45) is 10.1. The van der Waals surface area contributed by atoms with Crippen molar-refractivity contribution in [1.82, 2.24) is 25.2 Å². The number of rotatable bonds is 9. The van der Waals surface area contributed by atoms with Crippen LogP contribution in [-0.2, 0) is 27.9 Å². The van der Waals surface area contributed by atoms with Crippen molar-refractivity contribution in [2.24, 2.45) is 5.73 Å². The first-order valence-electron chi connectivity index (χ1n) is 14.1. The number of ether oxygens (including phenoxy) is 2. The zero-order chi connectivity index (χ0) is 26.5. The average molecular weight is 541 g/mol. The quantitative estimate of drug-likeness (QED) is 0.470. The number of nitrogens with zero attached hydrogens (tertiary/aromatic N) is 4. The van der Waals surface area contributed by atoms with Gasteiger partial charge in [-0.05, 0) is 49.4 Å². The van der Waals surface area contributed by atoms with Crippen LogP contribution in [0.15, 0.2) is 42.5 Å². The predicted octanol–water partition coefficient (Wildman–Crippen LogP) is 3.27. The van der Waals surface area contributed by atoms with Crippen molar-refractivity contribution in [3.8, 4) is 0 Å². The molecule has 0 radical (unpaired) electrons. The zero-order valence-corrected chi connectivity index (χ0v) is 24.0. The summed E-state index contributed by atoms with van der Waals surface area (Å²) in [5, 5.41) is 2.12. The summed E-state index contributed by atoms with van der Waals surface area (Å²) in [4.78, 5) is 12.4. The van der Waals surface area contributed by atoms with Gasteiger partial charge in [0.15, 0.2) is 0 Å². The Morgan fingerprint density at radius 2 is 2.18 bits per heavy atom. The molecule has 0 bridgehead atoms. The second kappa shape index (κ2) is 12.4. The smallest absolute Gasteiger partial charge is 0.0969 e. The summed E-state index contributed by atoms with van der Waals surface area (Å²) in [6, 6.07) is 7.20. The van der Waals surface area contributed by atoms with Crippen LogP contribution in [0.2, 0.25) is 0 Å². The molecule has 5 rings (SSSR count). The number of thiophene rings is 1. The molecule has 8 nitrogen and oxygen atoms in total. The van der Waals surface area contributed by atoms with E-state index in [-0.39, 0.29) is 11.6 Å². The molecular weight excluding hydrogens is 496 g/mol. The Balaban J connectivity index is 1.24. The normalized spacial score (nSPS) is 25.9. The molecule has 2 saturated heterocycles. The lowest BCUT2D eigenvalue weighted by Crippen LogP contribution is -2.51. The van der Waals surface area contributed by atoms with Gasteiger partial charge in [0.2, 0.25) is 0 Å². The number of nitrogens with two attached hydrogens (primary N) is 1. The second-order valence-corrected chi connectivity index (χ2v) is 12.0. The minimum absolute atomic E-state index is 0.127. The van der Waals surface area contributed by atoms with Crippen molar-refractivity contribution in [3.05, 3.63) is 63.4 Å². The molecule has 3 aliphatic heterocycles. The van der Waals surface area contributed by atoms with Gasteiger partial charge in [-0.1, -0.05) is 13.0 Å². The van der Waals surface area contributed by atoms with Gasteiger partial charge in [0.25, 0.3) is 0 Å². The number of pyridine rings is 1. The van der Waals surface area contributed by atoms with Gasteiger partial charge in [-0.15, -0.1) is 11.3 Å². The van der Waals surface area contributed by atoms with Crippen LogP contribution in [0.3, 0.4) is 0 Å². The topological polar surface area (TPSA) is 79.1 Å². The summed E-state index contributed by atoms with van der Waals surface area (Å²) >= 11 is 1.99. The lowest BCUT2D eigenvalue weighted by Gasteiger charge is -2.47.